The van der Waals surface area contributed by atoms with Crippen molar-refractivity contribution in [3.8, 4) is 0 Å². The number of hydrogen-bond donors (Lipinski definition) is 1. The van der Waals surface area contributed by atoms with Crippen molar-refractivity contribution in [1.29, 1.82) is 0 Å². The van der Waals surface area contributed by atoms with Gasteiger partial charge in [0.25, 0.3) is 5.56 Å². The number of nitrogens with zero attached hydrogens (tertiary/aromatic N) is 1. The van der Waals surface area contributed by atoms with E-state index in [1.165, 1.54) is 18.1 Å². The van der Waals surface area contributed by atoms with Crippen LogP contribution >= 0.6 is 23.4 Å². The number of halogens is 1. The number of methoxy groups -OCH3 is 1. The average molecular weight is 221 g/mol. The summed E-state index contributed by atoms with van der Waals surface area (Å²) in [6.07, 6.45) is 1.34. The summed E-state index contributed by atoms with van der Waals surface area (Å²) in [5, 5.41) is 0.686. The minimum atomic E-state index is -0.309. The Kier molecular flexibility index (Phi) is 4.27. The first-order chi connectivity index (χ1) is 6.25. The molecule has 0 radical (unpaired) electrons. The number of rotatable bonds is 4. The molecule has 72 valence electrons. The number of aromatic amines is 1. The lowest BCUT2D eigenvalue weighted by molar-refractivity contribution is 0.218. The van der Waals surface area contributed by atoms with E-state index >= 15 is 0 Å². The van der Waals surface area contributed by atoms with Crippen molar-refractivity contribution in [1.82, 2.24) is 9.97 Å². The quantitative estimate of drug-likeness (QED) is 0.470. The lowest BCUT2D eigenvalue weighted by Gasteiger charge is -2.00. The molecule has 0 atom stereocenters. The summed E-state index contributed by atoms with van der Waals surface area (Å²) in [4.78, 5) is 17.3. The van der Waals surface area contributed by atoms with Crippen LogP contribution in [0.4, 0.5) is 0 Å². The third kappa shape index (κ3) is 3.02. The van der Waals surface area contributed by atoms with E-state index in [2.05, 4.69) is 9.97 Å². The van der Waals surface area contributed by atoms with Crippen LogP contribution in [0.5, 0.6) is 0 Å². The zero-order valence-electron chi connectivity index (χ0n) is 7.04. The molecule has 0 saturated heterocycles. The van der Waals surface area contributed by atoms with Gasteiger partial charge in [-0.1, -0.05) is 11.6 Å². The first-order valence-electron chi connectivity index (χ1n) is 3.60. The van der Waals surface area contributed by atoms with Crippen LogP contribution in [0.25, 0.3) is 0 Å². The number of aromatic nitrogens is 2. The molecule has 0 aliphatic rings. The van der Waals surface area contributed by atoms with Gasteiger partial charge in [-0.25, -0.2) is 4.98 Å². The minimum Gasteiger partial charge on any atom is -0.384 e. The Morgan fingerprint density at radius 3 is 3.23 bits per heavy atom. The molecule has 1 heterocycles. The van der Waals surface area contributed by atoms with E-state index in [0.29, 0.717) is 11.6 Å². The lowest BCUT2D eigenvalue weighted by atomic mass is 10.6. The zero-order chi connectivity index (χ0) is 9.68. The molecule has 0 bridgehead atoms. The maximum absolute atomic E-state index is 11.0. The van der Waals surface area contributed by atoms with E-state index in [9.17, 15) is 4.79 Å². The smallest absolute Gasteiger partial charge is 0.270 e. The molecule has 0 fully saturated rings. The molecule has 1 aromatic heterocycles. The molecule has 4 nitrogen and oxygen atoms in total. The summed E-state index contributed by atoms with van der Waals surface area (Å²) in [6.45, 7) is 0.607. The Hall–Kier alpha value is -0.520. The second-order valence-electron chi connectivity index (χ2n) is 2.19. The number of H-pyrrole nitrogens is 1. The molecule has 0 aliphatic carbocycles. The Labute approximate surface area is 84.7 Å². The van der Waals surface area contributed by atoms with E-state index in [0.717, 1.165) is 5.75 Å². The van der Waals surface area contributed by atoms with Crippen LogP contribution in [0.3, 0.4) is 0 Å². The van der Waals surface area contributed by atoms with Crippen LogP contribution < -0.4 is 5.56 Å². The van der Waals surface area contributed by atoms with Crippen LogP contribution in [0.15, 0.2) is 16.1 Å². The molecule has 1 rings (SSSR count). The number of ether oxygens (including phenoxy) is 1. The predicted octanol–water partition coefficient (Wildman–Crippen LogP) is 1.16. The van der Waals surface area contributed by atoms with Crippen molar-refractivity contribution >= 4 is 23.4 Å². The van der Waals surface area contributed by atoms with E-state index in [1.54, 1.807) is 7.11 Å². The predicted molar refractivity (Wildman–Crippen MR) is 52.5 cm³/mol. The second-order valence-corrected chi connectivity index (χ2v) is 3.65. The highest BCUT2D eigenvalue weighted by Crippen LogP contribution is 2.19. The molecule has 0 amide bonds. The summed E-state index contributed by atoms with van der Waals surface area (Å²) < 4.78 is 4.86. The highest BCUT2D eigenvalue weighted by molar-refractivity contribution is 7.99. The fraction of sp³-hybridized carbons (Fsp3) is 0.429. The molecule has 1 aromatic rings. The summed E-state index contributed by atoms with van der Waals surface area (Å²) in [5.41, 5.74) is -0.309. The molecule has 0 aromatic carbocycles. The normalized spacial score (nSPS) is 10.3. The van der Waals surface area contributed by atoms with Crippen molar-refractivity contribution in [3.05, 3.63) is 21.7 Å². The standard InChI is InChI=1S/C7H9ClN2O2S/c1-12-2-3-13-7-5(8)6(11)9-4-10-7/h4H,2-3H2,1H3,(H,9,10,11). The van der Waals surface area contributed by atoms with Crippen LogP contribution in [0.1, 0.15) is 0 Å². The van der Waals surface area contributed by atoms with Crippen molar-refractivity contribution in [2.24, 2.45) is 0 Å². The Balaban J connectivity index is 2.66. The highest BCUT2D eigenvalue weighted by atomic mass is 35.5. The first-order valence-corrected chi connectivity index (χ1v) is 4.97. The maximum atomic E-state index is 11.0. The highest BCUT2D eigenvalue weighted by Gasteiger charge is 2.05. The van der Waals surface area contributed by atoms with Crippen LogP contribution in [-0.4, -0.2) is 29.4 Å². The molecule has 0 spiro atoms. The molecule has 13 heavy (non-hydrogen) atoms. The van der Waals surface area contributed by atoms with Gasteiger partial charge in [-0.05, 0) is 0 Å². The van der Waals surface area contributed by atoms with E-state index in [-0.39, 0.29) is 10.6 Å². The number of hydrogen-bond acceptors (Lipinski definition) is 4. The van der Waals surface area contributed by atoms with Gasteiger partial charge in [-0.15, -0.1) is 11.8 Å². The van der Waals surface area contributed by atoms with E-state index < -0.39 is 0 Å². The average Bonchev–Trinajstić information content (AvgIpc) is 2.13. The molecule has 0 aliphatic heterocycles. The van der Waals surface area contributed by atoms with Crippen molar-refractivity contribution < 1.29 is 4.74 Å². The topological polar surface area (TPSA) is 55.0 Å². The van der Waals surface area contributed by atoms with Crippen molar-refractivity contribution in [3.63, 3.8) is 0 Å². The number of thioether (sulfide) groups is 1. The van der Waals surface area contributed by atoms with Crippen LogP contribution in [0, 0.1) is 0 Å². The van der Waals surface area contributed by atoms with Gasteiger partial charge in [0.15, 0.2) is 0 Å². The molecule has 1 N–H and O–H groups in total. The largest absolute Gasteiger partial charge is 0.384 e. The SMILES string of the molecule is COCCSc1nc[nH]c(=O)c1Cl. The van der Waals surface area contributed by atoms with Gasteiger partial charge in [0.05, 0.1) is 12.9 Å². The third-order valence-electron chi connectivity index (χ3n) is 1.29. The van der Waals surface area contributed by atoms with Crippen molar-refractivity contribution in [2.45, 2.75) is 5.03 Å². The summed E-state index contributed by atoms with van der Waals surface area (Å²) in [6, 6.07) is 0. The molecule has 6 heteroatoms. The first kappa shape index (κ1) is 10.6. The van der Waals surface area contributed by atoms with Crippen LogP contribution in [-0.2, 0) is 4.74 Å². The Morgan fingerprint density at radius 2 is 2.54 bits per heavy atom. The lowest BCUT2D eigenvalue weighted by Crippen LogP contribution is -2.08. The third-order valence-corrected chi connectivity index (χ3v) is 2.71. The van der Waals surface area contributed by atoms with E-state index in [1.807, 2.05) is 0 Å². The van der Waals surface area contributed by atoms with Gasteiger partial charge in [0.1, 0.15) is 10.0 Å². The molecule has 0 saturated carbocycles. The van der Waals surface area contributed by atoms with Gasteiger partial charge < -0.3 is 9.72 Å². The van der Waals surface area contributed by atoms with Gasteiger partial charge in [0.2, 0.25) is 0 Å². The summed E-state index contributed by atoms with van der Waals surface area (Å²) in [5.74, 6) is 0.729. The van der Waals surface area contributed by atoms with Gasteiger partial charge >= 0.3 is 0 Å². The summed E-state index contributed by atoms with van der Waals surface area (Å²) in [7, 11) is 1.62. The fourth-order valence-electron chi connectivity index (χ4n) is 0.689. The van der Waals surface area contributed by atoms with Gasteiger partial charge in [0, 0.05) is 12.9 Å². The zero-order valence-corrected chi connectivity index (χ0v) is 8.61. The maximum Gasteiger partial charge on any atom is 0.270 e. The molecular weight excluding hydrogens is 212 g/mol. The Morgan fingerprint density at radius 1 is 1.77 bits per heavy atom. The van der Waals surface area contributed by atoms with Gasteiger partial charge in [-0.3, -0.25) is 4.79 Å². The van der Waals surface area contributed by atoms with Crippen LogP contribution in [0.2, 0.25) is 5.02 Å². The minimum absolute atomic E-state index is 0.142. The molecular formula is C7H9ClN2O2S. The second kappa shape index (κ2) is 5.26. The monoisotopic (exact) mass is 220 g/mol. The van der Waals surface area contributed by atoms with Gasteiger partial charge in [-0.2, -0.15) is 0 Å². The molecule has 0 unspecified atom stereocenters. The van der Waals surface area contributed by atoms with E-state index in [4.69, 9.17) is 16.3 Å². The van der Waals surface area contributed by atoms with Crippen molar-refractivity contribution in [2.75, 3.05) is 19.5 Å². The summed E-state index contributed by atoms with van der Waals surface area (Å²) >= 11 is 7.10. The fourth-order valence-corrected chi connectivity index (χ4v) is 1.75. The number of nitrogens with one attached hydrogen (secondary N) is 1. The Bertz CT molecular complexity index is 329.